The fourth-order valence-electron chi connectivity index (χ4n) is 3.10. The SMILES string of the molecule is CCN(CC)CCCNC1CCOc2ccc(C(C)C)cc21. The van der Waals surface area contributed by atoms with Crippen molar-refractivity contribution in [2.45, 2.75) is 52.5 Å². The lowest BCUT2D eigenvalue weighted by Gasteiger charge is -2.28. The maximum Gasteiger partial charge on any atom is 0.124 e. The van der Waals surface area contributed by atoms with Crippen LogP contribution in [0.3, 0.4) is 0 Å². The van der Waals surface area contributed by atoms with E-state index in [1.54, 1.807) is 0 Å². The van der Waals surface area contributed by atoms with Gasteiger partial charge in [-0.05, 0) is 50.1 Å². The number of benzene rings is 1. The monoisotopic (exact) mass is 304 g/mol. The molecule has 0 saturated carbocycles. The molecule has 2 rings (SSSR count). The summed E-state index contributed by atoms with van der Waals surface area (Å²) in [6.45, 7) is 14.3. The molecule has 1 N–H and O–H groups in total. The molecule has 3 heteroatoms. The van der Waals surface area contributed by atoms with Crippen molar-refractivity contribution >= 4 is 0 Å². The standard InChI is InChI=1S/C19H32N2O/c1-5-21(6-2)12-7-11-20-18-10-13-22-19-9-8-16(15(3)4)14-17(18)19/h8-9,14-15,18,20H,5-7,10-13H2,1-4H3. The molecule has 0 aliphatic carbocycles. The zero-order chi connectivity index (χ0) is 15.9. The predicted molar refractivity (Wildman–Crippen MR) is 93.8 cm³/mol. The van der Waals surface area contributed by atoms with Crippen LogP contribution in [0.2, 0.25) is 0 Å². The van der Waals surface area contributed by atoms with Crippen LogP contribution in [0.25, 0.3) is 0 Å². The molecule has 1 aliphatic rings. The minimum absolute atomic E-state index is 0.444. The number of fused-ring (bicyclic) bond motifs is 1. The van der Waals surface area contributed by atoms with Crippen LogP contribution in [-0.4, -0.2) is 37.7 Å². The third kappa shape index (κ3) is 4.47. The molecule has 0 saturated heterocycles. The van der Waals surface area contributed by atoms with Crippen LogP contribution in [0, 0.1) is 0 Å². The van der Waals surface area contributed by atoms with E-state index in [0.29, 0.717) is 12.0 Å². The van der Waals surface area contributed by atoms with Gasteiger partial charge in [0.25, 0.3) is 0 Å². The van der Waals surface area contributed by atoms with Gasteiger partial charge in [-0.25, -0.2) is 0 Å². The summed E-state index contributed by atoms with van der Waals surface area (Å²) >= 11 is 0. The average molecular weight is 304 g/mol. The fraction of sp³-hybridized carbons (Fsp3) is 0.684. The molecule has 3 nitrogen and oxygen atoms in total. The lowest BCUT2D eigenvalue weighted by Crippen LogP contribution is -2.31. The first-order valence-electron chi connectivity index (χ1n) is 8.88. The zero-order valence-corrected chi connectivity index (χ0v) is 14.7. The number of hydrogen-bond donors (Lipinski definition) is 1. The van der Waals surface area contributed by atoms with Crippen molar-refractivity contribution in [2.24, 2.45) is 0 Å². The Morgan fingerprint density at radius 3 is 2.73 bits per heavy atom. The minimum Gasteiger partial charge on any atom is -0.493 e. The van der Waals surface area contributed by atoms with Crippen LogP contribution >= 0.6 is 0 Å². The summed E-state index contributed by atoms with van der Waals surface area (Å²) < 4.78 is 5.82. The van der Waals surface area contributed by atoms with Crippen molar-refractivity contribution in [1.29, 1.82) is 0 Å². The highest BCUT2D eigenvalue weighted by Gasteiger charge is 2.21. The second-order valence-electron chi connectivity index (χ2n) is 6.48. The maximum atomic E-state index is 5.82. The van der Waals surface area contributed by atoms with Crippen LogP contribution in [0.4, 0.5) is 0 Å². The van der Waals surface area contributed by atoms with Gasteiger partial charge in [0.1, 0.15) is 5.75 Å². The zero-order valence-electron chi connectivity index (χ0n) is 14.7. The molecule has 0 spiro atoms. The van der Waals surface area contributed by atoms with Crippen molar-refractivity contribution in [1.82, 2.24) is 10.2 Å². The first-order valence-corrected chi connectivity index (χ1v) is 8.88. The van der Waals surface area contributed by atoms with E-state index in [2.05, 4.69) is 56.1 Å². The Hall–Kier alpha value is -1.06. The van der Waals surface area contributed by atoms with Crippen LogP contribution in [0.5, 0.6) is 5.75 Å². The first kappa shape index (κ1) is 17.3. The van der Waals surface area contributed by atoms with Crippen LogP contribution in [0.15, 0.2) is 18.2 Å². The third-order valence-electron chi connectivity index (χ3n) is 4.68. The van der Waals surface area contributed by atoms with Gasteiger partial charge in [-0.1, -0.05) is 39.8 Å². The lowest BCUT2D eigenvalue weighted by atomic mass is 9.94. The molecule has 0 radical (unpaired) electrons. The quantitative estimate of drug-likeness (QED) is 0.736. The Bertz CT molecular complexity index is 455. The van der Waals surface area contributed by atoms with E-state index >= 15 is 0 Å². The van der Waals surface area contributed by atoms with E-state index in [1.165, 1.54) is 24.1 Å². The summed E-state index contributed by atoms with van der Waals surface area (Å²) in [6.07, 6.45) is 2.28. The molecule has 0 bridgehead atoms. The topological polar surface area (TPSA) is 24.5 Å². The van der Waals surface area contributed by atoms with Crippen LogP contribution in [-0.2, 0) is 0 Å². The molecule has 1 atom stereocenters. The highest BCUT2D eigenvalue weighted by Crippen LogP contribution is 2.34. The van der Waals surface area contributed by atoms with Crippen molar-refractivity contribution in [3.8, 4) is 5.75 Å². The second-order valence-corrected chi connectivity index (χ2v) is 6.48. The molecule has 1 aliphatic heterocycles. The Labute approximate surface area is 136 Å². The lowest BCUT2D eigenvalue weighted by molar-refractivity contribution is 0.248. The predicted octanol–water partition coefficient (Wildman–Crippen LogP) is 3.96. The number of nitrogens with zero attached hydrogens (tertiary/aromatic N) is 1. The summed E-state index contributed by atoms with van der Waals surface area (Å²) in [4.78, 5) is 2.48. The van der Waals surface area contributed by atoms with Gasteiger partial charge in [0, 0.05) is 18.0 Å². The molecule has 0 fully saturated rings. The van der Waals surface area contributed by atoms with Crippen molar-refractivity contribution in [3.05, 3.63) is 29.3 Å². The Morgan fingerprint density at radius 2 is 2.05 bits per heavy atom. The molecule has 124 valence electrons. The summed E-state index contributed by atoms with van der Waals surface area (Å²) in [6, 6.07) is 7.13. The fourth-order valence-corrected chi connectivity index (χ4v) is 3.10. The molecule has 1 aromatic carbocycles. The molecule has 1 unspecified atom stereocenters. The second kappa shape index (κ2) is 8.54. The summed E-state index contributed by atoms with van der Waals surface area (Å²) in [5.41, 5.74) is 2.75. The van der Waals surface area contributed by atoms with Gasteiger partial charge in [0.2, 0.25) is 0 Å². The molecule has 1 heterocycles. The Balaban J connectivity index is 1.92. The molecular weight excluding hydrogens is 272 g/mol. The molecule has 22 heavy (non-hydrogen) atoms. The maximum absolute atomic E-state index is 5.82. The van der Waals surface area contributed by atoms with Crippen LogP contribution < -0.4 is 10.1 Å². The highest BCUT2D eigenvalue weighted by atomic mass is 16.5. The van der Waals surface area contributed by atoms with Crippen LogP contribution in [0.1, 0.15) is 63.6 Å². The van der Waals surface area contributed by atoms with E-state index in [1.807, 2.05) is 0 Å². The number of nitrogens with one attached hydrogen (secondary N) is 1. The number of rotatable bonds is 8. The Kier molecular flexibility index (Phi) is 6.71. The van der Waals surface area contributed by atoms with E-state index in [9.17, 15) is 0 Å². The van der Waals surface area contributed by atoms with Crippen molar-refractivity contribution in [2.75, 3.05) is 32.8 Å². The molecular formula is C19H32N2O. The molecule has 1 aromatic rings. The van der Waals surface area contributed by atoms with Gasteiger partial charge < -0.3 is 15.0 Å². The summed E-state index contributed by atoms with van der Waals surface area (Å²) in [7, 11) is 0. The Morgan fingerprint density at radius 1 is 1.27 bits per heavy atom. The van der Waals surface area contributed by atoms with E-state index < -0.39 is 0 Å². The van der Waals surface area contributed by atoms with Crippen molar-refractivity contribution in [3.63, 3.8) is 0 Å². The first-order chi connectivity index (χ1) is 10.7. The van der Waals surface area contributed by atoms with E-state index in [4.69, 9.17) is 4.74 Å². The largest absolute Gasteiger partial charge is 0.493 e. The highest BCUT2D eigenvalue weighted by molar-refractivity contribution is 5.41. The van der Waals surface area contributed by atoms with E-state index in [-0.39, 0.29) is 0 Å². The summed E-state index contributed by atoms with van der Waals surface area (Å²) in [5.74, 6) is 1.63. The van der Waals surface area contributed by atoms with E-state index in [0.717, 1.165) is 38.4 Å². The van der Waals surface area contributed by atoms with Gasteiger partial charge in [0.15, 0.2) is 0 Å². The van der Waals surface area contributed by atoms with Gasteiger partial charge >= 0.3 is 0 Å². The normalized spacial score (nSPS) is 17.6. The number of ether oxygens (including phenoxy) is 1. The smallest absolute Gasteiger partial charge is 0.124 e. The minimum atomic E-state index is 0.444. The van der Waals surface area contributed by atoms with Gasteiger partial charge in [-0.2, -0.15) is 0 Å². The third-order valence-corrected chi connectivity index (χ3v) is 4.68. The van der Waals surface area contributed by atoms with Gasteiger partial charge in [-0.3, -0.25) is 0 Å². The van der Waals surface area contributed by atoms with Gasteiger partial charge in [-0.15, -0.1) is 0 Å². The van der Waals surface area contributed by atoms with Gasteiger partial charge in [0.05, 0.1) is 6.61 Å². The summed E-state index contributed by atoms with van der Waals surface area (Å²) in [5, 5.41) is 3.74. The average Bonchev–Trinajstić information content (AvgIpc) is 2.54. The molecule has 0 amide bonds. The van der Waals surface area contributed by atoms with Crippen molar-refractivity contribution < 1.29 is 4.74 Å². The molecule has 0 aromatic heterocycles. The number of hydrogen-bond acceptors (Lipinski definition) is 3.